The smallest absolute Gasteiger partial charge is 0.412 e. The molecule has 0 heterocycles. The number of rotatable bonds is 10. The number of ether oxygens (including phenoxy) is 2. The standard InChI is InChI=1S/C23H25NO7/c1-15(3-12-21(27)28)22(18-6-10-20(11-7-18)30-14-13-25)31-23(29)24-19-8-4-17(5-9-19)16(2)26/h3-12,15,22,25H,13-14H2,1-2H3,(H,24,29)(H,27,28)/b12-3+/t15-,22-/m0/s1. The number of Topliss-reactive ketones (excluding diaryl/α,β-unsaturated/α-hetero) is 1. The Labute approximate surface area is 180 Å². The summed E-state index contributed by atoms with van der Waals surface area (Å²) >= 11 is 0. The van der Waals surface area contributed by atoms with Crippen LogP contribution in [0.2, 0.25) is 0 Å². The van der Waals surface area contributed by atoms with Gasteiger partial charge in [-0.1, -0.05) is 25.1 Å². The third-order valence-electron chi connectivity index (χ3n) is 4.36. The summed E-state index contributed by atoms with van der Waals surface area (Å²) in [6.07, 6.45) is 0.951. The number of ketones is 1. The highest BCUT2D eigenvalue weighted by Crippen LogP contribution is 2.29. The normalized spacial score (nSPS) is 12.7. The van der Waals surface area contributed by atoms with Crippen molar-refractivity contribution in [3.63, 3.8) is 0 Å². The van der Waals surface area contributed by atoms with Crippen molar-refractivity contribution < 1.29 is 34.1 Å². The van der Waals surface area contributed by atoms with Crippen LogP contribution in [0.5, 0.6) is 5.75 Å². The van der Waals surface area contributed by atoms with E-state index < -0.39 is 24.1 Å². The molecule has 0 saturated carbocycles. The fraction of sp³-hybridized carbons (Fsp3) is 0.261. The maximum absolute atomic E-state index is 12.5. The Hall–Kier alpha value is -3.65. The van der Waals surface area contributed by atoms with E-state index in [4.69, 9.17) is 19.7 Å². The molecular formula is C23H25NO7. The van der Waals surface area contributed by atoms with Crippen LogP contribution in [0.15, 0.2) is 60.7 Å². The van der Waals surface area contributed by atoms with Gasteiger partial charge in [-0.3, -0.25) is 10.1 Å². The molecule has 2 aromatic carbocycles. The molecule has 0 aromatic heterocycles. The quantitative estimate of drug-likeness (QED) is 0.389. The molecular weight excluding hydrogens is 402 g/mol. The number of nitrogens with one attached hydrogen (secondary N) is 1. The summed E-state index contributed by atoms with van der Waals surface area (Å²) in [4.78, 5) is 34.7. The first-order chi connectivity index (χ1) is 14.8. The van der Waals surface area contributed by atoms with Crippen molar-refractivity contribution in [1.82, 2.24) is 0 Å². The summed E-state index contributed by atoms with van der Waals surface area (Å²) in [5, 5.41) is 20.4. The minimum absolute atomic E-state index is 0.0837. The van der Waals surface area contributed by atoms with Crippen LogP contribution in [0, 0.1) is 5.92 Å². The molecule has 0 spiro atoms. The molecule has 0 aliphatic carbocycles. The minimum atomic E-state index is -1.10. The van der Waals surface area contributed by atoms with Crippen LogP contribution in [-0.2, 0) is 9.53 Å². The van der Waals surface area contributed by atoms with Gasteiger partial charge in [0.1, 0.15) is 18.5 Å². The molecule has 0 radical (unpaired) electrons. The lowest BCUT2D eigenvalue weighted by atomic mass is 9.96. The first-order valence-corrected chi connectivity index (χ1v) is 9.63. The summed E-state index contributed by atoms with van der Waals surface area (Å²) in [5.41, 5.74) is 1.61. The Morgan fingerprint density at radius 1 is 1.06 bits per heavy atom. The molecule has 2 aromatic rings. The van der Waals surface area contributed by atoms with Gasteiger partial charge in [0, 0.05) is 23.2 Å². The Kier molecular flexibility index (Phi) is 8.78. The van der Waals surface area contributed by atoms with Crippen molar-refractivity contribution >= 4 is 23.5 Å². The van der Waals surface area contributed by atoms with Gasteiger partial charge >= 0.3 is 12.1 Å². The molecule has 8 heteroatoms. The van der Waals surface area contributed by atoms with Gasteiger partial charge in [-0.05, 0) is 48.9 Å². The third kappa shape index (κ3) is 7.60. The number of carbonyl (C=O) groups excluding carboxylic acids is 2. The monoisotopic (exact) mass is 427 g/mol. The number of carbonyl (C=O) groups is 3. The van der Waals surface area contributed by atoms with E-state index in [9.17, 15) is 14.4 Å². The molecule has 3 N–H and O–H groups in total. The van der Waals surface area contributed by atoms with Crippen LogP contribution in [0.4, 0.5) is 10.5 Å². The molecule has 0 saturated heterocycles. The zero-order valence-electron chi connectivity index (χ0n) is 17.3. The van der Waals surface area contributed by atoms with Crippen LogP contribution in [0.3, 0.4) is 0 Å². The van der Waals surface area contributed by atoms with Crippen molar-refractivity contribution in [1.29, 1.82) is 0 Å². The van der Waals surface area contributed by atoms with Gasteiger partial charge in [-0.15, -0.1) is 0 Å². The number of carboxylic acids is 1. The molecule has 2 atom stereocenters. The highest BCUT2D eigenvalue weighted by Gasteiger charge is 2.22. The van der Waals surface area contributed by atoms with E-state index in [1.165, 1.54) is 13.0 Å². The van der Waals surface area contributed by atoms with Crippen molar-refractivity contribution in [2.24, 2.45) is 5.92 Å². The lowest BCUT2D eigenvalue weighted by Gasteiger charge is -2.23. The number of aliphatic carboxylic acids is 1. The van der Waals surface area contributed by atoms with Gasteiger partial charge in [0.05, 0.1) is 6.61 Å². The first-order valence-electron chi connectivity index (χ1n) is 9.63. The Morgan fingerprint density at radius 3 is 2.26 bits per heavy atom. The maximum atomic E-state index is 12.5. The van der Waals surface area contributed by atoms with Gasteiger partial charge in [-0.25, -0.2) is 9.59 Å². The lowest BCUT2D eigenvalue weighted by Crippen LogP contribution is -2.21. The number of amides is 1. The van der Waals surface area contributed by atoms with Crippen LogP contribution < -0.4 is 10.1 Å². The molecule has 0 aliphatic rings. The minimum Gasteiger partial charge on any atom is -0.491 e. The predicted octanol–water partition coefficient (Wildman–Crippen LogP) is 3.83. The summed E-state index contributed by atoms with van der Waals surface area (Å²) in [7, 11) is 0. The molecule has 0 unspecified atom stereocenters. The largest absolute Gasteiger partial charge is 0.491 e. The summed E-state index contributed by atoms with van der Waals surface area (Å²) in [6, 6.07) is 13.1. The molecule has 31 heavy (non-hydrogen) atoms. The average molecular weight is 427 g/mol. The van der Waals surface area contributed by atoms with Crippen LogP contribution in [-0.4, -0.2) is 41.3 Å². The van der Waals surface area contributed by atoms with Gasteiger partial charge in [0.15, 0.2) is 5.78 Å². The number of anilines is 1. The van der Waals surface area contributed by atoms with Crippen LogP contribution in [0.1, 0.15) is 35.9 Å². The second-order valence-electron chi connectivity index (χ2n) is 6.78. The second kappa shape index (κ2) is 11.5. The van der Waals surface area contributed by atoms with E-state index >= 15 is 0 Å². The molecule has 0 aliphatic heterocycles. The number of hydrogen-bond acceptors (Lipinski definition) is 6. The zero-order chi connectivity index (χ0) is 22.8. The average Bonchev–Trinajstić information content (AvgIpc) is 2.75. The second-order valence-corrected chi connectivity index (χ2v) is 6.78. The fourth-order valence-corrected chi connectivity index (χ4v) is 2.78. The molecule has 164 valence electrons. The Balaban J connectivity index is 2.16. The number of hydrogen-bond donors (Lipinski definition) is 3. The predicted molar refractivity (Wildman–Crippen MR) is 114 cm³/mol. The van der Waals surface area contributed by atoms with Crippen molar-refractivity contribution in [2.75, 3.05) is 18.5 Å². The molecule has 0 bridgehead atoms. The summed E-state index contributed by atoms with van der Waals surface area (Å²) < 4.78 is 10.9. The van der Waals surface area contributed by atoms with Gasteiger partial charge in [-0.2, -0.15) is 0 Å². The van der Waals surface area contributed by atoms with Crippen molar-refractivity contribution in [2.45, 2.75) is 20.0 Å². The van der Waals surface area contributed by atoms with E-state index in [0.717, 1.165) is 6.08 Å². The molecule has 0 fully saturated rings. The van der Waals surface area contributed by atoms with E-state index in [-0.39, 0.29) is 19.0 Å². The first kappa shape index (κ1) is 23.6. The summed E-state index contributed by atoms with van der Waals surface area (Å²) in [5.74, 6) is -1.08. The number of aliphatic hydroxyl groups excluding tert-OH is 1. The summed E-state index contributed by atoms with van der Waals surface area (Å²) in [6.45, 7) is 3.22. The SMILES string of the molecule is CC(=O)c1ccc(NC(=O)O[C@H](c2ccc(OCCO)cc2)[C@@H](C)/C=C/C(=O)O)cc1. The highest BCUT2D eigenvalue weighted by atomic mass is 16.6. The maximum Gasteiger partial charge on any atom is 0.412 e. The number of aliphatic hydroxyl groups is 1. The van der Waals surface area contributed by atoms with Gasteiger partial charge < -0.3 is 19.7 Å². The van der Waals surface area contributed by atoms with E-state index in [2.05, 4.69) is 5.32 Å². The van der Waals surface area contributed by atoms with Crippen molar-refractivity contribution in [3.8, 4) is 5.75 Å². The number of carboxylic acid groups (broad SMARTS) is 1. The fourth-order valence-electron chi connectivity index (χ4n) is 2.78. The molecule has 1 amide bonds. The zero-order valence-corrected chi connectivity index (χ0v) is 17.3. The highest BCUT2D eigenvalue weighted by molar-refractivity contribution is 5.95. The third-order valence-corrected chi connectivity index (χ3v) is 4.36. The topological polar surface area (TPSA) is 122 Å². The lowest BCUT2D eigenvalue weighted by molar-refractivity contribution is -0.131. The molecule has 2 rings (SSSR count). The number of benzene rings is 2. The Morgan fingerprint density at radius 2 is 1.71 bits per heavy atom. The van der Waals surface area contributed by atoms with Crippen molar-refractivity contribution in [3.05, 3.63) is 71.8 Å². The Bertz CT molecular complexity index is 920. The van der Waals surface area contributed by atoms with E-state index in [1.807, 2.05) is 0 Å². The van der Waals surface area contributed by atoms with E-state index in [1.54, 1.807) is 55.5 Å². The molecule has 8 nitrogen and oxygen atoms in total. The van der Waals surface area contributed by atoms with Gasteiger partial charge in [0.25, 0.3) is 0 Å². The van der Waals surface area contributed by atoms with Crippen LogP contribution in [0.25, 0.3) is 0 Å². The van der Waals surface area contributed by atoms with E-state index in [0.29, 0.717) is 22.6 Å². The van der Waals surface area contributed by atoms with Crippen LogP contribution >= 0.6 is 0 Å². The van der Waals surface area contributed by atoms with Gasteiger partial charge in [0.2, 0.25) is 0 Å².